The zero-order valence-electron chi connectivity index (χ0n) is 20.5. The number of Topliss-reactive ketones (excluding diaryl/α,β-unsaturated/α-hetero) is 1. The van der Waals surface area contributed by atoms with Gasteiger partial charge in [0.25, 0.3) is 5.56 Å². The fourth-order valence-corrected chi connectivity index (χ4v) is 6.01. The molecule has 10 nitrogen and oxygen atoms in total. The molecule has 2 saturated heterocycles. The molecule has 204 valence electrons. The number of piperazine rings is 1. The standard InChI is InChI=1S/C24H27ClF3N7O3/c25-15-11-29-23(30-12-15)34-8-6-33(7-9-34)19(36)10-14-3-4-16(21(14)37)17-2-1-5-35(17)18-13-31-32-22(38)20(18)24(26,27)28/h11-14,16-17H,1-10H2,(H,32,38)/t14-,16+,17+/m1/s1. The number of alkyl halides is 3. The van der Waals surface area contributed by atoms with E-state index in [-0.39, 0.29) is 23.8 Å². The SMILES string of the molecule is O=C1[C@@H](CC(=O)N2CCN(c3ncc(Cl)cn3)CC2)CC[C@H]1[C@@H]1CCCN1c1cn[nH]c(=O)c1C(F)(F)F. The Kier molecular flexibility index (Phi) is 7.30. The van der Waals surface area contributed by atoms with Gasteiger partial charge in [0.2, 0.25) is 11.9 Å². The van der Waals surface area contributed by atoms with Gasteiger partial charge < -0.3 is 14.7 Å². The number of aromatic nitrogens is 4. The van der Waals surface area contributed by atoms with Crippen molar-refractivity contribution in [1.82, 2.24) is 25.1 Å². The van der Waals surface area contributed by atoms with E-state index in [1.165, 1.54) is 17.3 Å². The number of aromatic amines is 1. The topological polar surface area (TPSA) is 115 Å². The first-order valence-corrected chi connectivity index (χ1v) is 13.0. The number of amides is 1. The number of carbonyl (C=O) groups is 2. The first kappa shape index (κ1) is 26.4. The summed E-state index contributed by atoms with van der Waals surface area (Å²) in [6.45, 7) is 2.35. The molecule has 0 unspecified atom stereocenters. The van der Waals surface area contributed by atoms with Crippen molar-refractivity contribution in [2.45, 2.75) is 44.3 Å². The summed E-state index contributed by atoms with van der Waals surface area (Å²) < 4.78 is 41.0. The van der Waals surface area contributed by atoms with Gasteiger partial charge in [-0.3, -0.25) is 14.4 Å². The van der Waals surface area contributed by atoms with Gasteiger partial charge in [-0.25, -0.2) is 15.1 Å². The van der Waals surface area contributed by atoms with Crippen molar-refractivity contribution >= 4 is 34.9 Å². The van der Waals surface area contributed by atoms with Gasteiger partial charge in [-0.05, 0) is 25.7 Å². The van der Waals surface area contributed by atoms with E-state index < -0.39 is 35.2 Å². The highest BCUT2D eigenvalue weighted by atomic mass is 35.5. The van der Waals surface area contributed by atoms with E-state index >= 15 is 0 Å². The molecule has 5 rings (SSSR count). The van der Waals surface area contributed by atoms with Crippen LogP contribution < -0.4 is 15.4 Å². The monoisotopic (exact) mass is 553 g/mol. The lowest BCUT2D eigenvalue weighted by atomic mass is 9.91. The summed E-state index contributed by atoms with van der Waals surface area (Å²) in [5.41, 5.74) is -2.89. The van der Waals surface area contributed by atoms with Crippen LogP contribution in [0, 0.1) is 11.8 Å². The third kappa shape index (κ3) is 5.20. The molecule has 1 amide bonds. The quantitative estimate of drug-likeness (QED) is 0.601. The lowest BCUT2D eigenvalue weighted by Crippen LogP contribution is -2.49. The van der Waals surface area contributed by atoms with Gasteiger partial charge in [0.15, 0.2) is 0 Å². The number of H-pyrrole nitrogens is 1. The molecule has 1 N–H and O–H groups in total. The second kappa shape index (κ2) is 10.5. The van der Waals surface area contributed by atoms with Gasteiger partial charge >= 0.3 is 6.18 Å². The summed E-state index contributed by atoms with van der Waals surface area (Å²) in [6, 6.07) is -0.463. The highest BCUT2D eigenvalue weighted by Gasteiger charge is 2.46. The maximum absolute atomic E-state index is 13.7. The predicted octanol–water partition coefficient (Wildman–Crippen LogP) is 2.54. The maximum Gasteiger partial charge on any atom is 0.423 e. The van der Waals surface area contributed by atoms with E-state index in [4.69, 9.17) is 11.6 Å². The Balaban J connectivity index is 1.21. The molecule has 3 aliphatic rings. The lowest BCUT2D eigenvalue weighted by molar-refractivity contribution is -0.138. The summed E-state index contributed by atoms with van der Waals surface area (Å²) in [6.07, 6.45) is 1.43. The number of hydrogen-bond donors (Lipinski definition) is 1. The minimum Gasteiger partial charge on any atom is -0.366 e. The van der Waals surface area contributed by atoms with Crippen molar-refractivity contribution in [1.29, 1.82) is 0 Å². The van der Waals surface area contributed by atoms with E-state index in [0.29, 0.717) is 69.4 Å². The average molecular weight is 554 g/mol. The molecule has 1 saturated carbocycles. The second-order valence-corrected chi connectivity index (χ2v) is 10.4. The van der Waals surface area contributed by atoms with Gasteiger partial charge in [0, 0.05) is 57.0 Å². The molecular formula is C24H27ClF3N7O3. The smallest absolute Gasteiger partial charge is 0.366 e. The normalized spacial score (nSPS) is 24.4. The van der Waals surface area contributed by atoms with E-state index in [1.807, 2.05) is 10.00 Å². The molecule has 3 atom stereocenters. The van der Waals surface area contributed by atoms with Crippen molar-refractivity contribution < 1.29 is 22.8 Å². The van der Waals surface area contributed by atoms with Crippen LogP contribution in [0.5, 0.6) is 0 Å². The molecule has 4 heterocycles. The van der Waals surface area contributed by atoms with Crippen LogP contribution in [0.4, 0.5) is 24.8 Å². The van der Waals surface area contributed by atoms with Crippen molar-refractivity contribution in [3.05, 3.63) is 39.5 Å². The molecule has 1 aliphatic carbocycles. The van der Waals surface area contributed by atoms with Gasteiger partial charge in [-0.1, -0.05) is 11.6 Å². The Morgan fingerprint density at radius 3 is 2.42 bits per heavy atom. The number of rotatable bonds is 5. The molecule has 0 spiro atoms. The van der Waals surface area contributed by atoms with Crippen LogP contribution in [0.1, 0.15) is 37.7 Å². The number of hydrogen-bond acceptors (Lipinski definition) is 8. The minimum absolute atomic E-state index is 0.0832. The number of halogens is 4. The number of nitrogens with zero attached hydrogens (tertiary/aromatic N) is 6. The molecular weight excluding hydrogens is 527 g/mol. The van der Waals surface area contributed by atoms with Crippen LogP contribution in [-0.4, -0.2) is 75.5 Å². The minimum atomic E-state index is -4.85. The Labute approximate surface area is 221 Å². The fourth-order valence-electron chi connectivity index (χ4n) is 5.91. The first-order chi connectivity index (χ1) is 18.1. The molecule has 2 aliphatic heterocycles. The Morgan fingerprint density at radius 2 is 1.74 bits per heavy atom. The van der Waals surface area contributed by atoms with E-state index in [9.17, 15) is 27.6 Å². The zero-order chi connectivity index (χ0) is 27.0. The van der Waals surface area contributed by atoms with E-state index in [2.05, 4.69) is 15.1 Å². The Morgan fingerprint density at radius 1 is 1.03 bits per heavy atom. The summed E-state index contributed by atoms with van der Waals surface area (Å²) in [7, 11) is 0. The van der Waals surface area contributed by atoms with Gasteiger partial charge in [-0.2, -0.15) is 18.3 Å². The van der Waals surface area contributed by atoms with Crippen molar-refractivity contribution in [3.63, 3.8) is 0 Å². The number of nitrogens with one attached hydrogen (secondary N) is 1. The molecule has 2 aromatic heterocycles. The lowest BCUT2D eigenvalue weighted by Gasteiger charge is -2.35. The highest BCUT2D eigenvalue weighted by Crippen LogP contribution is 2.42. The third-order valence-corrected chi connectivity index (χ3v) is 7.92. The molecule has 0 aromatic carbocycles. The molecule has 38 heavy (non-hydrogen) atoms. The first-order valence-electron chi connectivity index (χ1n) is 12.6. The summed E-state index contributed by atoms with van der Waals surface area (Å²) in [4.78, 5) is 52.0. The van der Waals surface area contributed by atoms with Crippen molar-refractivity contribution in [2.75, 3.05) is 42.5 Å². The van der Waals surface area contributed by atoms with E-state index in [0.717, 1.165) is 6.20 Å². The van der Waals surface area contributed by atoms with Crippen LogP contribution in [0.3, 0.4) is 0 Å². The van der Waals surface area contributed by atoms with Crippen molar-refractivity contribution in [2.24, 2.45) is 11.8 Å². The highest BCUT2D eigenvalue weighted by molar-refractivity contribution is 6.30. The van der Waals surface area contributed by atoms with Gasteiger partial charge in [0.1, 0.15) is 11.3 Å². The van der Waals surface area contributed by atoms with Crippen LogP contribution in [-0.2, 0) is 15.8 Å². The molecule has 2 aromatic rings. The van der Waals surface area contributed by atoms with Crippen LogP contribution >= 0.6 is 11.6 Å². The van der Waals surface area contributed by atoms with Crippen LogP contribution in [0.15, 0.2) is 23.4 Å². The summed E-state index contributed by atoms with van der Waals surface area (Å²) in [5, 5.41) is 5.89. The van der Waals surface area contributed by atoms with Crippen molar-refractivity contribution in [3.8, 4) is 0 Å². The van der Waals surface area contributed by atoms with Gasteiger partial charge in [-0.15, -0.1) is 0 Å². The summed E-state index contributed by atoms with van der Waals surface area (Å²) in [5.74, 6) is -0.612. The number of carbonyl (C=O) groups excluding carboxylic acids is 2. The number of anilines is 2. The maximum atomic E-state index is 13.7. The van der Waals surface area contributed by atoms with Gasteiger partial charge in [0.05, 0.1) is 29.3 Å². The van der Waals surface area contributed by atoms with Crippen LogP contribution in [0.25, 0.3) is 0 Å². The zero-order valence-corrected chi connectivity index (χ0v) is 21.2. The molecule has 0 radical (unpaired) electrons. The average Bonchev–Trinajstić information content (AvgIpc) is 3.50. The number of ketones is 1. The van der Waals surface area contributed by atoms with E-state index in [1.54, 1.807) is 4.90 Å². The third-order valence-electron chi connectivity index (χ3n) is 7.73. The summed E-state index contributed by atoms with van der Waals surface area (Å²) >= 11 is 5.84. The Hall–Kier alpha value is -3.22. The second-order valence-electron chi connectivity index (χ2n) is 9.92. The molecule has 3 fully saturated rings. The fraction of sp³-hybridized carbons (Fsp3) is 0.583. The predicted molar refractivity (Wildman–Crippen MR) is 132 cm³/mol. The van der Waals surface area contributed by atoms with Crippen LogP contribution in [0.2, 0.25) is 5.02 Å². The Bertz CT molecular complexity index is 1250. The largest absolute Gasteiger partial charge is 0.423 e. The molecule has 0 bridgehead atoms. The molecule has 14 heteroatoms.